The molecule has 1 N–H and O–H groups in total. The second-order valence-corrected chi connectivity index (χ2v) is 7.24. The molecular formula is C17H25F3N4O. The maximum atomic E-state index is 12.4. The van der Waals surface area contributed by atoms with E-state index in [2.05, 4.69) is 10.4 Å². The zero-order valence-corrected chi connectivity index (χ0v) is 14.5. The molecule has 1 aliphatic heterocycles. The molecular weight excluding hydrogens is 333 g/mol. The lowest BCUT2D eigenvalue weighted by Crippen LogP contribution is -2.34. The van der Waals surface area contributed by atoms with Crippen LogP contribution in [0.4, 0.5) is 13.2 Å². The van der Waals surface area contributed by atoms with Crippen molar-refractivity contribution in [1.29, 1.82) is 0 Å². The van der Waals surface area contributed by atoms with Crippen LogP contribution >= 0.6 is 0 Å². The number of amides is 1. The lowest BCUT2D eigenvalue weighted by Gasteiger charge is -2.18. The van der Waals surface area contributed by atoms with E-state index in [-0.39, 0.29) is 11.8 Å². The minimum atomic E-state index is -4.16. The van der Waals surface area contributed by atoms with Gasteiger partial charge in [0.15, 0.2) is 0 Å². The first-order chi connectivity index (χ1) is 11.8. The Kier molecular flexibility index (Phi) is 5.36. The Hall–Kier alpha value is -1.57. The number of carbonyl (C=O) groups is 1. The van der Waals surface area contributed by atoms with E-state index in [1.807, 2.05) is 11.6 Å². The van der Waals surface area contributed by atoms with Crippen LogP contribution < -0.4 is 5.32 Å². The molecule has 1 aliphatic carbocycles. The third kappa shape index (κ3) is 4.54. The van der Waals surface area contributed by atoms with Crippen molar-refractivity contribution in [2.75, 3.05) is 26.2 Å². The Morgan fingerprint density at radius 3 is 2.72 bits per heavy atom. The molecule has 0 bridgehead atoms. The van der Waals surface area contributed by atoms with Crippen molar-refractivity contribution in [2.24, 2.45) is 5.92 Å². The average Bonchev–Trinajstić information content (AvgIpc) is 3.24. The highest BCUT2D eigenvalue weighted by molar-refractivity contribution is 5.95. The highest BCUT2D eigenvalue weighted by Gasteiger charge is 2.34. The summed E-state index contributed by atoms with van der Waals surface area (Å²) in [5.41, 5.74) is 1.44. The van der Waals surface area contributed by atoms with Crippen LogP contribution in [0.3, 0.4) is 0 Å². The van der Waals surface area contributed by atoms with Gasteiger partial charge in [-0.15, -0.1) is 0 Å². The molecule has 2 heterocycles. The van der Waals surface area contributed by atoms with Crippen LogP contribution in [0.1, 0.15) is 54.2 Å². The molecule has 140 valence electrons. The summed E-state index contributed by atoms with van der Waals surface area (Å²) in [4.78, 5) is 13.8. The van der Waals surface area contributed by atoms with Crippen molar-refractivity contribution in [3.8, 4) is 0 Å². The summed E-state index contributed by atoms with van der Waals surface area (Å²) in [6.45, 7) is 2.24. The van der Waals surface area contributed by atoms with E-state index >= 15 is 0 Å². The molecule has 5 nitrogen and oxygen atoms in total. The van der Waals surface area contributed by atoms with Gasteiger partial charge in [-0.05, 0) is 38.6 Å². The Morgan fingerprint density at radius 1 is 1.32 bits per heavy atom. The predicted octanol–water partition coefficient (Wildman–Crippen LogP) is 2.92. The van der Waals surface area contributed by atoms with E-state index in [9.17, 15) is 18.0 Å². The summed E-state index contributed by atoms with van der Waals surface area (Å²) in [7, 11) is 0. The third-order valence-electron chi connectivity index (χ3n) is 5.28. The molecule has 1 amide bonds. The van der Waals surface area contributed by atoms with Gasteiger partial charge in [-0.25, -0.2) is 0 Å². The Bertz CT molecular complexity index is 608. The SMILES string of the molecule is Cc1c(C(=O)NCC2CCN(CC(F)(F)F)C2)cnn1C1CCCC1. The minimum absolute atomic E-state index is 0.0662. The summed E-state index contributed by atoms with van der Waals surface area (Å²) in [6, 6.07) is 0.382. The van der Waals surface area contributed by atoms with Gasteiger partial charge in [-0.3, -0.25) is 14.4 Å². The van der Waals surface area contributed by atoms with Crippen LogP contribution in [0.25, 0.3) is 0 Å². The van der Waals surface area contributed by atoms with Crippen molar-refractivity contribution in [1.82, 2.24) is 20.0 Å². The van der Waals surface area contributed by atoms with Crippen molar-refractivity contribution < 1.29 is 18.0 Å². The molecule has 0 aromatic carbocycles. The number of alkyl halides is 3. The van der Waals surface area contributed by atoms with Gasteiger partial charge in [-0.1, -0.05) is 12.8 Å². The van der Waals surface area contributed by atoms with Crippen LogP contribution in [-0.4, -0.2) is 52.9 Å². The van der Waals surface area contributed by atoms with Crippen molar-refractivity contribution >= 4 is 5.91 Å². The molecule has 3 rings (SSSR count). The highest BCUT2D eigenvalue weighted by atomic mass is 19.4. The van der Waals surface area contributed by atoms with E-state index in [1.54, 1.807) is 6.20 Å². The molecule has 1 unspecified atom stereocenters. The van der Waals surface area contributed by atoms with Crippen LogP contribution in [0.5, 0.6) is 0 Å². The number of carbonyl (C=O) groups excluding carboxylic acids is 1. The largest absolute Gasteiger partial charge is 0.401 e. The van der Waals surface area contributed by atoms with Gasteiger partial charge in [0.25, 0.3) is 5.91 Å². The monoisotopic (exact) mass is 358 g/mol. The molecule has 1 saturated carbocycles. The summed E-state index contributed by atoms with van der Waals surface area (Å²) in [5, 5.41) is 7.24. The first-order valence-corrected chi connectivity index (χ1v) is 8.95. The van der Waals surface area contributed by atoms with E-state index in [0.717, 1.165) is 18.5 Å². The number of rotatable bonds is 5. The second kappa shape index (κ2) is 7.35. The molecule has 1 saturated heterocycles. The van der Waals surface area contributed by atoms with Crippen molar-refractivity contribution in [3.63, 3.8) is 0 Å². The lowest BCUT2D eigenvalue weighted by atomic mass is 10.1. The Morgan fingerprint density at radius 2 is 2.04 bits per heavy atom. The number of likely N-dealkylation sites (tertiary alicyclic amines) is 1. The number of hydrogen-bond acceptors (Lipinski definition) is 3. The van der Waals surface area contributed by atoms with Crippen LogP contribution in [0.15, 0.2) is 6.20 Å². The van der Waals surface area contributed by atoms with Gasteiger partial charge in [0.2, 0.25) is 0 Å². The topological polar surface area (TPSA) is 50.2 Å². The molecule has 1 aromatic rings. The number of aromatic nitrogens is 2. The van der Waals surface area contributed by atoms with Gasteiger partial charge >= 0.3 is 6.18 Å². The molecule has 0 radical (unpaired) electrons. The molecule has 25 heavy (non-hydrogen) atoms. The van der Waals surface area contributed by atoms with Gasteiger partial charge in [0.05, 0.1) is 24.3 Å². The van der Waals surface area contributed by atoms with Crippen molar-refractivity contribution in [3.05, 3.63) is 17.5 Å². The first-order valence-electron chi connectivity index (χ1n) is 8.95. The smallest absolute Gasteiger partial charge is 0.352 e. The molecule has 2 aliphatic rings. The summed E-state index contributed by atoms with van der Waals surface area (Å²) in [6.07, 6.45) is 2.71. The Balaban J connectivity index is 1.50. The molecule has 1 aromatic heterocycles. The number of hydrogen-bond donors (Lipinski definition) is 1. The fraction of sp³-hybridized carbons (Fsp3) is 0.765. The van der Waals surface area contributed by atoms with E-state index in [1.165, 1.54) is 17.7 Å². The Labute approximate surface area is 145 Å². The normalized spacial score (nSPS) is 22.6. The minimum Gasteiger partial charge on any atom is -0.352 e. The van der Waals surface area contributed by atoms with Gasteiger partial charge in [-0.2, -0.15) is 18.3 Å². The molecule has 0 spiro atoms. The van der Waals surface area contributed by atoms with E-state index in [4.69, 9.17) is 0 Å². The lowest BCUT2D eigenvalue weighted by molar-refractivity contribution is -0.143. The second-order valence-electron chi connectivity index (χ2n) is 7.24. The average molecular weight is 358 g/mol. The highest BCUT2D eigenvalue weighted by Crippen LogP contribution is 2.30. The van der Waals surface area contributed by atoms with Crippen LogP contribution in [-0.2, 0) is 0 Å². The number of nitrogens with one attached hydrogen (secondary N) is 1. The standard InChI is InChI=1S/C17H25F3N4O/c1-12-15(9-22-24(12)14-4-2-3-5-14)16(25)21-8-13-6-7-23(10-13)11-17(18,19)20/h9,13-14H,2-8,10-11H2,1H3,(H,21,25). The summed E-state index contributed by atoms with van der Waals surface area (Å²) < 4.78 is 39.2. The zero-order chi connectivity index (χ0) is 18.0. The fourth-order valence-electron chi connectivity index (χ4n) is 3.97. The van der Waals surface area contributed by atoms with Crippen molar-refractivity contribution in [2.45, 2.75) is 51.2 Å². The predicted molar refractivity (Wildman–Crippen MR) is 87.4 cm³/mol. The number of halogens is 3. The van der Waals surface area contributed by atoms with E-state index < -0.39 is 12.7 Å². The molecule has 1 atom stereocenters. The molecule has 2 fully saturated rings. The third-order valence-corrected chi connectivity index (χ3v) is 5.28. The first kappa shape index (κ1) is 18.2. The molecule has 8 heteroatoms. The maximum absolute atomic E-state index is 12.4. The van der Waals surface area contributed by atoms with E-state index in [0.29, 0.717) is 37.7 Å². The quantitative estimate of drug-likeness (QED) is 0.881. The number of nitrogens with zero attached hydrogens (tertiary/aromatic N) is 3. The van der Waals surface area contributed by atoms with Crippen LogP contribution in [0, 0.1) is 12.8 Å². The fourth-order valence-corrected chi connectivity index (χ4v) is 3.97. The van der Waals surface area contributed by atoms with Gasteiger partial charge < -0.3 is 5.32 Å². The summed E-state index contributed by atoms with van der Waals surface area (Å²) >= 11 is 0. The zero-order valence-electron chi connectivity index (χ0n) is 14.5. The van der Waals surface area contributed by atoms with Gasteiger partial charge in [0.1, 0.15) is 0 Å². The van der Waals surface area contributed by atoms with Gasteiger partial charge in [0, 0.05) is 18.8 Å². The summed E-state index contributed by atoms with van der Waals surface area (Å²) in [5.74, 6) is -0.118. The maximum Gasteiger partial charge on any atom is 0.401 e. The van der Waals surface area contributed by atoms with Crippen LogP contribution in [0.2, 0.25) is 0 Å².